The number of halogens is 7. The second kappa shape index (κ2) is 11.4. The van der Waals surface area contributed by atoms with Crippen molar-refractivity contribution in [1.82, 2.24) is 34.1 Å². The van der Waals surface area contributed by atoms with Gasteiger partial charge in [-0.3, -0.25) is 9.88 Å². The maximum absolute atomic E-state index is 13.0. The Morgan fingerprint density at radius 3 is 2.40 bits per heavy atom. The van der Waals surface area contributed by atoms with Crippen molar-refractivity contribution in [3.05, 3.63) is 70.3 Å². The normalized spacial score (nSPS) is 12.0. The summed E-state index contributed by atoms with van der Waals surface area (Å²) in [5, 5.41) is 10.8. The van der Waals surface area contributed by atoms with Crippen LogP contribution in [0.3, 0.4) is 0 Å². The first-order valence-corrected chi connectivity index (χ1v) is 11.5. The highest BCUT2D eigenvalue weighted by Crippen LogP contribution is 2.24. The monoisotopic (exact) mass is 590 g/mol. The first kappa shape index (κ1) is 28.6. The Morgan fingerprint density at radius 2 is 1.73 bits per heavy atom. The van der Waals surface area contributed by atoms with E-state index in [0.29, 0.717) is 10.6 Å². The molecule has 0 saturated carbocycles. The number of aromatic nitrogens is 7. The van der Waals surface area contributed by atoms with Gasteiger partial charge in [-0.15, -0.1) is 10.2 Å². The molecule has 3 aromatic heterocycles. The van der Waals surface area contributed by atoms with Crippen LogP contribution in [-0.2, 0) is 17.8 Å². The molecule has 11 nitrogen and oxygen atoms in total. The van der Waals surface area contributed by atoms with Gasteiger partial charge in [0.05, 0.1) is 6.42 Å². The lowest BCUT2D eigenvalue weighted by atomic mass is 10.2. The van der Waals surface area contributed by atoms with Crippen LogP contribution in [0.25, 0.3) is 17.1 Å². The first-order valence-electron chi connectivity index (χ1n) is 11.2. The van der Waals surface area contributed by atoms with E-state index in [9.17, 15) is 35.9 Å². The smallest absolute Gasteiger partial charge is 0.422 e. The third-order valence-electron chi connectivity index (χ3n) is 5.10. The first-order chi connectivity index (χ1) is 18.8. The predicted molar refractivity (Wildman–Crippen MR) is 127 cm³/mol. The summed E-state index contributed by atoms with van der Waals surface area (Å²) in [6, 6.07) is 8.87. The number of anilines is 1. The zero-order valence-corrected chi connectivity index (χ0v) is 20.7. The molecule has 1 amide bonds. The number of hydrogen-bond donors (Lipinski definition) is 1. The van der Waals surface area contributed by atoms with Crippen molar-refractivity contribution in [3.63, 3.8) is 0 Å². The number of carbonyl (C=O) groups excluding carboxylic acids is 1. The predicted octanol–water partition coefficient (Wildman–Crippen LogP) is 4.45. The van der Waals surface area contributed by atoms with Crippen LogP contribution in [0.15, 0.2) is 53.7 Å². The Balaban J connectivity index is 1.58. The van der Waals surface area contributed by atoms with Crippen LogP contribution in [0.2, 0.25) is 5.02 Å². The molecule has 0 radical (unpaired) electrons. The average molecular weight is 591 g/mol. The van der Waals surface area contributed by atoms with Gasteiger partial charge in [0.15, 0.2) is 24.1 Å². The summed E-state index contributed by atoms with van der Waals surface area (Å²) in [6.45, 7) is -2.84. The highest BCUT2D eigenvalue weighted by Gasteiger charge is 2.30. The van der Waals surface area contributed by atoms with E-state index in [2.05, 4.69) is 30.2 Å². The van der Waals surface area contributed by atoms with Gasteiger partial charge in [-0.2, -0.15) is 26.3 Å². The SMILES string of the molecule is O=C(Nc1ncccc1-n1cnc(Cn2nc(-c3ccc(Cl)cc3)n(CCC(F)(F)F)c2=O)n1)OCC(F)(F)F. The molecule has 0 aliphatic heterocycles. The van der Waals surface area contributed by atoms with E-state index in [-0.39, 0.29) is 29.7 Å². The highest BCUT2D eigenvalue weighted by atomic mass is 35.5. The third-order valence-corrected chi connectivity index (χ3v) is 5.35. The molecule has 0 aliphatic rings. The fraction of sp³-hybridized carbons (Fsp3) is 0.273. The van der Waals surface area contributed by atoms with Crippen molar-refractivity contribution in [3.8, 4) is 17.1 Å². The number of rotatable bonds is 8. The van der Waals surface area contributed by atoms with E-state index in [1.54, 1.807) is 0 Å². The number of hydrogen-bond acceptors (Lipinski definition) is 7. The Bertz CT molecular complexity index is 1550. The lowest BCUT2D eigenvalue weighted by molar-refractivity contribution is -0.159. The lowest BCUT2D eigenvalue weighted by Crippen LogP contribution is -2.27. The second-order valence-corrected chi connectivity index (χ2v) is 8.52. The Labute approximate surface area is 225 Å². The molecule has 40 heavy (non-hydrogen) atoms. The zero-order chi connectivity index (χ0) is 29.1. The van der Waals surface area contributed by atoms with Crippen LogP contribution < -0.4 is 11.0 Å². The van der Waals surface area contributed by atoms with Gasteiger partial charge in [0.1, 0.15) is 18.6 Å². The summed E-state index contributed by atoms with van der Waals surface area (Å²) in [5.41, 5.74) is -0.402. The molecule has 212 valence electrons. The number of alkyl halides is 6. The van der Waals surface area contributed by atoms with Gasteiger partial charge in [-0.05, 0) is 36.4 Å². The summed E-state index contributed by atoms with van der Waals surface area (Å²) in [6.07, 6.45) is -9.50. The number of pyridine rings is 1. The molecular formula is C22H17ClF6N8O3. The fourth-order valence-corrected chi connectivity index (χ4v) is 3.50. The number of carbonyl (C=O) groups is 1. The Morgan fingerprint density at radius 1 is 1.00 bits per heavy atom. The summed E-state index contributed by atoms with van der Waals surface area (Å²) in [7, 11) is 0. The van der Waals surface area contributed by atoms with Crippen molar-refractivity contribution >= 4 is 23.5 Å². The summed E-state index contributed by atoms with van der Waals surface area (Å²) in [4.78, 5) is 32.7. The second-order valence-electron chi connectivity index (χ2n) is 8.08. The molecule has 0 atom stereocenters. The van der Waals surface area contributed by atoms with Crippen LogP contribution in [0.4, 0.5) is 37.0 Å². The molecule has 0 spiro atoms. The summed E-state index contributed by atoms with van der Waals surface area (Å²) in [5.74, 6) is -0.231. The largest absolute Gasteiger partial charge is 0.440 e. The molecule has 0 unspecified atom stereocenters. The fourth-order valence-electron chi connectivity index (χ4n) is 3.37. The van der Waals surface area contributed by atoms with Crippen molar-refractivity contribution < 1.29 is 35.9 Å². The molecule has 0 fully saturated rings. The minimum Gasteiger partial charge on any atom is -0.440 e. The van der Waals surface area contributed by atoms with E-state index < -0.39 is 43.7 Å². The topological polar surface area (TPSA) is 122 Å². The van der Waals surface area contributed by atoms with Crippen molar-refractivity contribution in [2.24, 2.45) is 0 Å². The van der Waals surface area contributed by atoms with E-state index in [4.69, 9.17) is 11.6 Å². The number of amides is 1. The van der Waals surface area contributed by atoms with Crippen molar-refractivity contribution in [1.29, 1.82) is 0 Å². The Kier molecular flexibility index (Phi) is 8.13. The standard InChI is InChI=1S/C22H17ClF6N8O3/c23-14-5-3-13(4-6-14)18-34-36(20(39)35(18)9-7-21(24,25)26)10-16-31-12-37(33-16)15-2-1-8-30-17(15)32-19(38)40-11-22(27,28)29/h1-6,8,12H,7,9-11H2,(H,30,32,38). The highest BCUT2D eigenvalue weighted by molar-refractivity contribution is 6.30. The van der Waals surface area contributed by atoms with Crippen LogP contribution in [0, 0.1) is 0 Å². The van der Waals surface area contributed by atoms with Crippen LogP contribution in [-0.4, -0.2) is 59.1 Å². The van der Waals surface area contributed by atoms with Crippen molar-refractivity contribution in [2.45, 2.75) is 31.9 Å². The minimum absolute atomic E-state index is 0.000298. The van der Waals surface area contributed by atoms with E-state index in [1.165, 1.54) is 48.9 Å². The number of ether oxygens (including phenoxy) is 1. The molecule has 1 aromatic carbocycles. The maximum atomic E-state index is 13.0. The molecule has 0 bridgehead atoms. The van der Waals surface area contributed by atoms with Gasteiger partial charge in [-0.25, -0.2) is 28.9 Å². The lowest BCUT2D eigenvalue weighted by Gasteiger charge is -2.11. The third kappa shape index (κ3) is 7.37. The van der Waals surface area contributed by atoms with Crippen LogP contribution in [0.5, 0.6) is 0 Å². The van der Waals surface area contributed by atoms with Gasteiger partial charge < -0.3 is 4.74 Å². The van der Waals surface area contributed by atoms with Gasteiger partial charge in [0.25, 0.3) is 0 Å². The van der Waals surface area contributed by atoms with E-state index in [0.717, 1.165) is 13.9 Å². The Hall–Kier alpha value is -4.41. The molecule has 1 N–H and O–H groups in total. The minimum atomic E-state index is -4.73. The van der Waals surface area contributed by atoms with Crippen LogP contribution >= 0.6 is 11.6 Å². The zero-order valence-electron chi connectivity index (χ0n) is 19.9. The summed E-state index contributed by atoms with van der Waals surface area (Å²) >= 11 is 5.89. The molecular weight excluding hydrogens is 574 g/mol. The van der Waals surface area contributed by atoms with Crippen molar-refractivity contribution in [2.75, 3.05) is 11.9 Å². The van der Waals surface area contributed by atoms with E-state index >= 15 is 0 Å². The molecule has 0 saturated heterocycles. The van der Waals surface area contributed by atoms with E-state index in [1.807, 2.05) is 0 Å². The molecule has 18 heteroatoms. The van der Waals surface area contributed by atoms with Crippen LogP contribution in [0.1, 0.15) is 12.2 Å². The maximum Gasteiger partial charge on any atom is 0.422 e. The van der Waals surface area contributed by atoms with Gasteiger partial charge in [0.2, 0.25) is 0 Å². The molecule has 3 heterocycles. The average Bonchev–Trinajstić information content (AvgIpc) is 3.46. The van der Waals surface area contributed by atoms with Gasteiger partial charge >= 0.3 is 24.1 Å². The summed E-state index contributed by atoms with van der Waals surface area (Å²) < 4.78 is 82.7. The number of nitrogens with one attached hydrogen (secondary N) is 1. The number of benzene rings is 1. The molecule has 4 aromatic rings. The molecule has 0 aliphatic carbocycles. The number of nitrogens with zero attached hydrogens (tertiary/aromatic N) is 7. The van der Waals surface area contributed by atoms with Gasteiger partial charge in [-0.1, -0.05) is 11.6 Å². The molecule has 4 rings (SSSR count). The van der Waals surface area contributed by atoms with Gasteiger partial charge in [0, 0.05) is 23.3 Å². The quantitative estimate of drug-likeness (QED) is 0.301.